The van der Waals surface area contributed by atoms with E-state index in [2.05, 4.69) is 46.5 Å². The van der Waals surface area contributed by atoms with E-state index < -0.39 is 16.6 Å². The lowest BCUT2D eigenvalue weighted by molar-refractivity contribution is 0.444. The molecule has 0 bridgehead atoms. The standard InChI is InChI=1S/C28H56N2O2Si2/c1-7-13-21-33(22-14-8-2,23-15-9-3)31-27-19-20-29-28(30-27)32-34(24-16-10-4,25-17-11-5)26-18-12-6/h19-20H,7-18,21-26H2,1-6H3. The van der Waals surface area contributed by atoms with Crippen LogP contribution in [0.15, 0.2) is 12.3 Å². The first-order chi connectivity index (χ1) is 16.5. The van der Waals surface area contributed by atoms with Crippen molar-refractivity contribution in [1.29, 1.82) is 0 Å². The SMILES string of the molecule is CCCC[Si](CCCC)(CCCC)Oc1ccnc(O[Si](CCCC)(CCCC)CCCC)n1. The van der Waals surface area contributed by atoms with Crippen LogP contribution in [-0.4, -0.2) is 26.6 Å². The van der Waals surface area contributed by atoms with Crippen molar-refractivity contribution in [3.63, 3.8) is 0 Å². The van der Waals surface area contributed by atoms with Crippen LogP contribution in [0.3, 0.4) is 0 Å². The highest BCUT2D eigenvalue weighted by molar-refractivity contribution is 6.75. The van der Waals surface area contributed by atoms with Gasteiger partial charge in [0.25, 0.3) is 16.6 Å². The molecule has 6 heteroatoms. The molecule has 0 saturated carbocycles. The first kappa shape index (κ1) is 31.1. The minimum atomic E-state index is -1.91. The van der Waals surface area contributed by atoms with Crippen LogP contribution < -0.4 is 8.85 Å². The average molecular weight is 509 g/mol. The first-order valence-corrected chi connectivity index (χ1v) is 19.8. The van der Waals surface area contributed by atoms with E-state index in [0.29, 0.717) is 6.01 Å². The maximum Gasteiger partial charge on any atom is 0.305 e. The summed E-state index contributed by atoms with van der Waals surface area (Å²) in [7, 11) is -3.79. The highest BCUT2D eigenvalue weighted by Crippen LogP contribution is 2.33. The second kappa shape index (κ2) is 18.4. The molecule has 0 atom stereocenters. The zero-order valence-electron chi connectivity index (χ0n) is 23.6. The second-order valence-electron chi connectivity index (χ2n) is 10.4. The molecule has 0 unspecified atom stereocenters. The van der Waals surface area contributed by atoms with Gasteiger partial charge in [-0.3, -0.25) is 0 Å². The summed E-state index contributed by atoms with van der Waals surface area (Å²) in [4.78, 5) is 9.51. The number of hydrogen-bond acceptors (Lipinski definition) is 4. The van der Waals surface area contributed by atoms with Gasteiger partial charge in [-0.05, 0) is 36.3 Å². The molecule has 0 N–H and O–H groups in total. The van der Waals surface area contributed by atoms with Crippen molar-refractivity contribution < 1.29 is 8.85 Å². The number of aromatic nitrogens is 2. The van der Waals surface area contributed by atoms with Gasteiger partial charge in [0.1, 0.15) is 0 Å². The van der Waals surface area contributed by atoms with Crippen LogP contribution in [0.5, 0.6) is 11.9 Å². The zero-order chi connectivity index (χ0) is 25.1. The third-order valence-electron chi connectivity index (χ3n) is 7.15. The Bertz CT molecular complexity index is 537. The van der Waals surface area contributed by atoms with Crippen LogP contribution in [0.25, 0.3) is 0 Å². The van der Waals surface area contributed by atoms with Crippen molar-refractivity contribution in [3.8, 4) is 11.9 Å². The predicted octanol–water partition coefficient (Wildman–Crippen LogP) is 9.93. The zero-order valence-corrected chi connectivity index (χ0v) is 25.6. The van der Waals surface area contributed by atoms with Crippen molar-refractivity contribution in [2.75, 3.05) is 0 Å². The molecule has 0 fully saturated rings. The summed E-state index contributed by atoms with van der Waals surface area (Å²) in [6.45, 7) is 13.7. The fraction of sp³-hybridized carbons (Fsp3) is 0.857. The Kier molecular flexibility index (Phi) is 16.8. The number of rotatable bonds is 22. The molecule has 1 rings (SSSR count). The van der Waals surface area contributed by atoms with Gasteiger partial charge >= 0.3 is 6.01 Å². The van der Waals surface area contributed by atoms with Gasteiger partial charge in [-0.1, -0.05) is 119 Å². The Morgan fingerprint density at radius 2 is 0.912 bits per heavy atom. The van der Waals surface area contributed by atoms with Gasteiger partial charge in [-0.25, -0.2) is 4.98 Å². The third-order valence-corrected chi connectivity index (χ3v) is 16.0. The van der Waals surface area contributed by atoms with Gasteiger partial charge in [-0.2, -0.15) is 4.98 Å². The summed E-state index contributed by atoms with van der Waals surface area (Å²) in [6, 6.07) is 9.95. The molecule has 0 spiro atoms. The summed E-state index contributed by atoms with van der Waals surface area (Å²) in [6.07, 6.45) is 16.8. The molecule has 198 valence electrons. The van der Waals surface area contributed by atoms with Gasteiger partial charge in [0.05, 0.1) is 0 Å². The molecular formula is C28H56N2O2Si2. The molecule has 1 heterocycles. The Labute approximate surface area is 214 Å². The van der Waals surface area contributed by atoms with E-state index in [0.717, 1.165) is 5.88 Å². The highest BCUT2D eigenvalue weighted by atomic mass is 28.4. The molecule has 4 nitrogen and oxygen atoms in total. The lowest BCUT2D eigenvalue weighted by Gasteiger charge is -2.33. The molecular weight excluding hydrogens is 452 g/mol. The van der Waals surface area contributed by atoms with Crippen molar-refractivity contribution in [2.45, 2.75) is 155 Å². The van der Waals surface area contributed by atoms with Gasteiger partial charge in [0, 0.05) is 12.3 Å². The minimum Gasteiger partial charge on any atom is -0.530 e. The van der Waals surface area contributed by atoms with Crippen LogP contribution in [-0.2, 0) is 0 Å². The summed E-state index contributed by atoms with van der Waals surface area (Å²) >= 11 is 0. The van der Waals surface area contributed by atoms with Gasteiger partial charge < -0.3 is 8.85 Å². The summed E-state index contributed by atoms with van der Waals surface area (Å²) in [5.41, 5.74) is 0. The molecule has 0 saturated heterocycles. The molecule has 1 aromatic rings. The topological polar surface area (TPSA) is 44.2 Å². The van der Waals surface area contributed by atoms with E-state index >= 15 is 0 Å². The molecule has 0 radical (unpaired) electrons. The Hall–Kier alpha value is -0.886. The molecule has 0 aliphatic heterocycles. The number of unbranched alkanes of at least 4 members (excludes halogenated alkanes) is 6. The maximum atomic E-state index is 6.93. The quantitative estimate of drug-likeness (QED) is 0.146. The van der Waals surface area contributed by atoms with Gasteiger partial charge in [0.2, 0.25) is 5.88 Å². The van der Waals surface area contributed by atoms with Crippen molar-refractivity contribution in [2.24, 2.45) is 0 Å². The molecule has 0 aliphatic rings. The maximum absolute atomic E-state index is 6.93. The Morgan fingerprint density at radius 3 is 1.26 bits per heavy atom. The molecule has 0 aliphatic carbocycles. The lowest BCUT2D eigenvalue weighted by atomic mass is 10.4. The van der Waals surface area contributed by atoms with Crippen LogP contribution >= 0.6 is 0 Å². The van der Waals surface area contributed by atoms with E-state index in [1.807, 2.05) is 12.3 Å². The second-order valence-corrected chi connectivity index (χ2v) is 18.5. The van der Waals surface area contributed by atoms with Crippen molar-refractivity contribution in [3.05, 3.63) is 12.3 Å². The Morgan fingerprint density at radius 1 is 0.559 bits per heavy atom. The van der Waals surface area contributed by atoms with Crippen LogP contribution in [0.4, 0.5) is 0 Å². The van der Waals surface area contributed by atoms with Gasteiger partial charge in [0.15, 0.2) is 0 Å². The van der Waals surface area contributed by atoms with Crippen LogP contribution in [0, 0.1) is 0 Å². The Balaban J connectivity index is 3.17. The van der Waals surface area contributed by atoms with E-state index in [1.165, 1.54) is 113 Å². The number of hydrogen-bond donors (Lipinski definition) is 0. The van der Waals surface area contributed by atoms with E-state index in [9.17, 15) is 0 Å². The summed E-state index contributed by atoms with van der Waals surface area (Å²) in [5.74, 6) is 0.768. The molecule has 1 aromatic heterocycles. The monoisotopic (exact) mass is 508 g/mol. The molecule has 0 amide bonds. The van der Waals surface area contributed by atoms with Crippen LogP contribution in [0.1, 0.15) is 119 Å². The van der Waals surface area contributed by atoms with Crippen molar-refractivity contribution >= 4 is 16.6 Å². The van der Waals surface area contributed by atoms with E-state index in [-0.39, 0.29) is 0 Å². The summed E-state index contributed by atoms with van der Waals surface area (Å²) in [5, 5.41) is 0. The lowest BCUT2D eigenvalue weighted by Crippen LogP contribution is -2.43. The van der Waals surface area contributed by atoms with E-state index in [4.69, 9.17) is 13.8 Å². The predicted molar refractivity (Wildman–Crippen MR) is 153 cm³/mol. The van der Waals surface area contributed by atoms with Gasteiger partial charge in [-0.15, -0.1) is 0 Å². The fourth-order valence-electron chi connectivity index (χ4n) is 4.90. The smallest absolute Gasteiger partial charge is 0.305 e. The van der Waals surface area contributed by atoms with E-state index in [1.54, 1.807) is 0 Å². The fourth-order valence-corrected chi connectivity index (χ4v) is 14.0. The molecule has 0 aromatic carbocycles. The largest absolute Gasteiger partial charge is 0.530 e. The average Bonchev–Trinajstić information content (AvgIpc) is 2.86. The van der Waals surface area contributed by atoms with Crippen LogP contribution in [0.2, 0.25) is 36.3 Å². The highest BCUT2D eigenvalue weighted by Gasteiger charge is 2.37. The third kappa shape index (κ3) is 11.7. The number of nitrogens with zero attached hydrogens (tertiary/aromatic N) is 2. The minimum absolute atomic E-state index is 0.580. The first-order valence-electron chi connectivity index (χ1n) is 14.7. The molecule has 34 heavy (non-hydrogen) atoms. The normalized spacial score (nSPS) is 12.2. The van der Waals surface area contributed by atoms with Crippen molar-refractivity contribution in [1.82, 2.24) is 9.97 Å². The summed E-state index contributed by atoms with van der Waals surface area (Å²) < 4.78 is 13.8.